The summed E-state index contributed by atoms with van der Waals surface area (Å²) in [5, 5.41) is 6.66. The average molecular weight is 574 g/mol. The summed E-state index contributed by atoms with van der Waals surface area (Å²) in [6.07, 6.45) is 4.28. The van der Waals surface area contributed by atoms with Crippen molar-refractivity contribution < 1.29 is 13.9 Å². The number of ether oxygens (including phenoxy) is 2. The van der Waals surface area contributed by atoms with Gasteiger partial charge in [0.05, 0.1) is 12.7 Å². The van der Waals surface area contributed by atoms with Gasteiger partial charge in [0.15, 0.2) is 5.96 Å². The number of hydrogen-bond acceptors (Lipinski definition) is 4. The fourth-order valence-electron chi connectivity index (χ4n) is 3.45. The van der Waals surface area contributed by atoms with E-state index in [2.05, 4.69) is 39.9 Å². The first kappa shape index (κ1) is 26.9. The zero-order valence-electron chi connectivity index (χ0n) is 18.7. The fraction of sp³-hybridized carbons (Fsp3) is 0.458. The average Bonchev–Trinajstić information content (AvgIpc) is 2.80. The summed E-state index contributed by atoms with van der Waals surface area (Å²) in [5.74, 6) is 1.30. The maximum absolute atomic E-state index is 13.5. The van der Waals surface area contributed by atoms with E-state index in [4.69, 9.17) is 9.47 Å². The van der Waals surface area contributed by atoms with Gasteiger partial charge in [-0.15, -0.1) is 24.0 Å². The van der Waals surface area contributed by atoms with Crippen molar-refractivity contribution in [1.29, 1.82) is 0 Å². The first-order chi connectivity index (χ1) is 15.2. The Balaban J connectivity index is 0.00000363. The van der Waals surface area contributed by atoms with Gasteiger partial charge in [-0.25, -0.2) is 4.39 Å². The van der Waals surface area contributed by atoms with Gasteiger partial charge in [0.25, 0.3) is 0 Å². The second kappa shape index (κ2) is 14.7. The Bertz CT molecular complexity index is 846. The van der Waals surface area contributed by atoms with Gasteiger partial charge in [0.1, 0.15) is 5.82 Å². The molecule has 2 aromatic carbocycles. The van der Waals surface area contributed by atoms with Crippen LogP contribution >= 0.6 is 35.7 Å². The van der Waals surface area contributed by atoms with Crippen molar-refractivity contribution >= 4 is 41.7 Å². The number of aliphatic imine (C=N–C) groups is 1. The molecule has 0 amide bonds. The zero-order chi connectivity index (χ0) is 21.9. The molecule has 1 aliphatic heterocycles. The first-order valence-corrected chi connectivity index (χ1v) is 12.0. The first-order valence-electron chi connectivity index (χ1n) is 10.7. The lowest BCUT2D eigenvalue weighted by molar-refractivity contribution is -0.0390. The number of thioether (sulfide) groups is 1. The molecule has 1 saturated heterocycles. The molecule has 0 saturated carbocycles. The Hall–Kier alpha value is -1.36. The van der Waals surface area contributed by atoms with Crippen molar-refractivity contribution in [2.75, 3.05) is 26.5 Å². The molecule has 1 fully saturated rings. The monoisotopic (exact) mass is 573 g/mol. The normalized spacial score (nSPS) is 14.7. The number of benzene rings is 2. The highest BCUT2D eigenvalue weighted by Crippen LogP contribution is 2.17. The number of nitrogens with zero attached hydrogens (tertiary/aromatic N) is 1. The molecule has 32 heavy (non-hydrogen) atoms. The molecule has 0 radical (unpaired) electrons. The molecule has 5 nitrogen and oxygen atoms in total. The van der Waals surface area contributed by atoms with Gasteiger partial charge in [-0.3, -0.25) is 4.99 Å². The van der Waals surface area contributed by atoms with Crippen molar-refractivity contribution in [3.8, 4) is 0 Å². The van der Waals surface area contributed by atoms with E-state index in [0.29, 0.717) is 31.8 Å². The van der Waals surface area contributed by atoms with Crippen LogP contribution in [0.2, 0.25) is 0 Å². The quantitative estimate of drug-likeness (QED) is 0.255. The van der Waals surface area contributed by atoms with Crippen molar-refractivity contribution in [2.45, 2.75) is 44.4 Å². The molecule has 1 heterocycles. The molecule has 8 heteroatoms. The zero-order valence-corrected chi connectivity index (χ0v) is 21.9. The topological polar surface area (TPSA) is 54.9 Å². The van der Waals surface area contributed by atoms with E-state index in [1.165, 1.54) is 17.2 Å². The number of hydrogen-bond donors (Lipinski definition) is 2. The van der Waals surface area contributed by atoms with Crippen LogP contribution in [0.3, 0.4) is 0 Å². The minimum atomic E-state index is -0.197. The maximum Gasteiger partial charge on any atom is 0.191 e. The third-order valence-corrected chi connectivity index (χ3v) is 5.87. The summed E-state index contributed by atoms with van der Waals surface area (Å²) >= 11 is 1.68. The minimum absolute atomic E-state index is 0. The Kier molecular flexibility index (Phi) is 12.4. The summed E-state index contributed by atoms with van der Waals surface area (Å²) in [6.45, 7) is 3.49. The smallest absolute Gasteiger partial charge is 0.191 e. The highest BCUT2D eigenvalue weighted by molar-refractivity contribution is 14.0. The highest BCUT2D eigenvalue weighted by Gasteiger charge is 2.14. The molecule has 0 aromatic heterocycles. The van der Waals surface area contributed by atoms with Crippen LogP contribution in [-0.2, 0) is 34.9 Å². The largest absolute Gasteiger partial charge is 0.381 e. The fourth-order valence-corrected chi connectivity index (χ4v) is 4.03. The van der Waals surface area contributed by atoms with Crippen molar-refractivity contribution in [1.82, 2.24) is 10.6 Å². The molecule has 2 N–H and O–H groups in total. The van der Waals surface area contributed by atoms with Gasteiger partial charge in [-0.05, 0) is 53.5 Å². The number of nitrogens with one attached hydrogen (secondary N) is 2. The second-order valence-electron chi connectivity index (χ2n) is 7.56. The van der Waals surface area contributed by atoms with Crippen molar-refractivity contribution in [3.63, 3.8) is 0 Å². The summed E-state index contributed by atoms with van der Waals surface area (Å²) in [5.41, 5.74) is 4.43. The van der Waals surface area contributed by atoms with Gasteiger partial charge >= 0.3 is 0 Å². The van der Waals surface area contributed by atoms with Gasteiger partial charge < -0.3 is 20.1 Å². The highest BCUT2D eigenvalue weighted by atomic mass is 127. The van der Waals surface area contributed by atoms with Crippen LogP contribution in [-0.4, -0.2) is 38.6 Å². The lowest BCUT2D eigenvalue weighted by Gasteiger charge is -2.22. The SMILES string of the molecule is CN=C(NCc1ccc(COC2CCOCC2)cc1)NCc1ccc(F)cc1CSC.I. The van der Waals surface area contributed by atoms with E-state index in [9.17, 15) is 4.39 Å². The molecule has 0 unspecified atom stereocenters. The lowest BCUT2D eigenvalue weighted by Crippen LogP contribution is -2.36. The molecule has 0 aliphatic carbocycles. The van der Waals surface area contributed by atoms with Crippen LogP contribution in [0.25, 0.3) is 0 Å². The third-order valence-electron chi connectivity index (χ3n) is 5.28. The number of rotatable bonds is 9. The molecule has 3 rings (SSSR count). The van der Waals surface area contributed by atoms with E-state index in [0.717, 1.165) is 42.9 Å². The minimum Gasteiger partial charge on any atom is -0.381 e. The molecule has 1 aliphatic rings. The van der Waals surface area contributed by atoms with Crippen molar-refractivity contribution in [3.05, 3.63) is 70.5 Å². The van der Waals surface area contributed by atoms with E-state index >= 15 is 0 Å². The summed E-state index contributed by atoms with van der Waals surface area (Å²) in [6, 6.07) is 13.4. The lowest BCUT2D eigenvalue weighted by atomic mass is 10.1. The third kappa shape index (κ3) is 8.88. The molecule has 0 spiro atoms. The van der Waals surface area contributed by atoms with E-state index in [-0.39, 0.29) is 29.8 Å². The molecule has 0 atom stereocenters. The summed E-state index contributed by atoms with van der Waals surface area (Å²) < 4.78 is 24.9. The number of halogens is 2. The Labute approximate surface area is 212 Å². The van der Waals surface area contributed by atoms with Crippen LogP contribution in [0, 0.1) is 5.82 Å². The van der Waals surface area contributed by atoms with E-state index in [1.807, 2.05) is 12.3 Å². The molecule has 0 bridgehead atoms. The molecule has 2 aromatic rings. The second-order valence-corrected chi connectivity index (χ2v) is 8.43. The van der Waals surface area contributed by atoms with Crippen molar-refractivity contribution in [2.24, 2.45) is 4.99 Å². The summed E-state index contributed by atoms with van der Waals surface area (Å²) in [7, 11) is 1.75. The Morgan fingerprint density at radius 1 is 1.06 bits per heavy atom. The standard InChI is InChI=1S/C24H32FN3O2S.HI/c1-26-24(28-15-20-7-8-22(25)13-21(20)17-31-2)27-14-18-3-5-19(6-4-18)16-30-23-9-11-29-12-10-23;/h3-8,13,23H,9-12,14-17H2,1-2H3,(H2,26,27,28);1H. The van der Waals surface area contributed by atoms with Gasteiger partial charge in [-0.1, -0.05) is 30.3 Å². The molecule has 176 valence electrons. The Morgan fingerprint density at radius 3 is 2.44 bits per heavy atom. The predicted octanol–water partition coefficient (Wildman–Crippen LogP) is 4.87. The summed E-state index contributed by atoms with van der Waals surface area (Å²) in [4.78, 5) is 4.30. The van der Waals surface area contributed by atoms with Gasteiger partial charge in [0.2, 0.25) is 0 Å². The predicted molar refractivity (Wildman–Crippen MR) is 141 cm³/mol. The van der Waals surface area contributed by atoms with Gasteiger partial charge in [0, 0.05) is 39.1 Å². The van der Waals surface area contributed by atoms with Crippen LogP contribution in [0.15, 0.2) is 47.5 Å². The van der Waals surface area contributed by atoms with Crippen LogP contribution in [0.1, 0.15) is 35.1 Å². The van der Waals surface area contributed by atoms with Crippen LogP contribution in [0.5, 0.6) is 0 Å². The molecular formula is C24H33FIN3O2S. The molecular weight excluding hydrogens is 540 g/mol. The van der Waals surface area contributed by atoms with E-state index < -0.39 is 0 Å². The van der Waals surface area contributed by atoms with Crippen LogP contribution < -0.4 is 10.6 Å². The maximum atomic E-state index is 13.5. The Morgan fingerprint density at radius 2 is 1.75 bits per heavy atom. The van der Waals surface area contributed by atoms with Crippen LogP contribution in [0.4, 0.5) is 4.39 Å². The van der Waals surface area contributed by atoms with E-state index in [1.54, 1.807) is 24.9 Å². The number of guanidine groups is 1. The van der Waals surface area contributed by atoms with Gasteiger partial charge in [-0.2, -0.15) is 11.8 Å².